The van der Waals surface area contributed by atoms with Gasteiger partial charge in [0.05, 0.1) is 19.8 Å². The number of hydrogen-bond donors (Lipinski definition) is 1. The zero-order valence-corrected chi connectivity index (χ0v) is 6.99. The largest absolute Gasteiger partial charge is 0.378 e. The Labute approximate surface area is 71.6 Å². The molecule has 0 bridgehead atoms. The lowest BCUT2D eigenvalue weighted by Gasteiger charge is -2.01. The van der Waals surface area contributed by atoms with Crippen LogP contribution in [0.2, 0.25) is 0 Å². The molecule has 0 aromatic carbocycles. The van der Waals surface area contributed by atoms with E-state index < -0.39 is 0 Å². The van der Waals surface area contributed by atoms with Gasteiger partial charge in [-0.2, -0.15) is 0 Å². The molecule has 0 aromatic rings. The molecule has 0 fully saturated rings. The van der Waals surface area contributed by atoms with E-state index in [-0.39, 0.29) is 12.5 Å². The van der Waals surface area contributed by atoms with Gasteiger partial charge in [0.2, 0.25) is 0 Å². The molecule has 0 unspecified atom stereocenters. The van der Waals surface area contributed by atoms with Crippen molar-refractivity contribution >= 4 is 12.6 Å². The lowest BCUT2D eigenvalue weighted by atomic mass is 10.6. The van der Waals surface area contributed by atoms with Crippen LogP contribution in [0, 0.1) is 0 Å². The summed E-state index contributed by atoms with van der Waals surface area (Å²) in [4.78, 5) is 13.6. The fourth-order valence-electron chi connectivity index (χ4n) is 0.508. The van der Waals surface area contributed by atoms with Crippen molar-refractivity contribution in [3.63, 3.8) is 0 Å². The van der Waals surface area contributed by atoms with Crippen molar-refractivity contribution in [2.45, 2.75) is 0 Å². The number of aliphatic imine (C=N–C) groups is 1. The van der Waals surface area contributed by atoms with Crippen LogP contribution >= 0.6 is 0 Å². The van der Waals surface area contributed by atoms with Gasteiger partial charge in [-0.1, -0.05) is 0 Å². The fourth-order valence-corrected chi connectivity index (χ4v) is 0.508. The maximum atomic E-state index is 10.5. The molecule has 5 heteroatoms. The summed E-state index contributed by atoms with van der Waals surface area (Å²) in [6.45, 7) is 4.86. The van der Waals surface area contributed by atoms with Crippen LogP contribution in [-0.4, -0.2) is 45.6 Å². The van der Waals surface area contributed by atoms with Gasteiger partial charge in [-0.25, -0.2) is 4.99 Å². The number of nitrogens with zero attached hydrogens (tertiary/aromatic N) is 1. The van der Waals surface area contributed by atoms with E-state index >= 15 is 0 Å². The van der Waals surface area contributed by atoms with Gasteiger partial charge in [-0.3, -0.25) is 4.79 Å². The second kappa shape index (κ2) is 8.32. The normalized spacial score (nSPS) is 9.75. The van der Waals surface area contributed by atoms with Crippen LogP contribution < -0.4 is 5.73 Å². The van der Waals surface area contributed by atoms with Gasteiger partial charge in [0.1, 0.15) is 6.61 Å². The van der Waals surface area contributed by atoms with E-state index in [0.29, 0.717) is 26.4 Å². The highest BCUT2D eigenvalue weighted by Crippen LogP contribution is 1.80. The minimum atomic E-state index is -0.367. The average molecular weight is 174 g/mol. The Morgan fingerprint density at radius 2 is 2.00 bits per heavy atom. The van der Waals surface area contributed by atoms with Crippen molar-refractivity contribution in [1.29, 1.82) is 0 Å². The third kappa shape index (κ3) is 7.33. The zero-order chi connectivity index (χ0) is 9.23. The minimum Gasteiger partial charge on any atom is -0.378 e. The van der Waals surface area contributed by atoms with E-state index in [1.54, 1.807) is 0 Å². The van der Waals surface area contributed by atoms with Crippen molar-refractivity contribution in [2.24, 2.45) is 10.7 Å². The number of carbonyl (C=O) groups is 1. The highest BCUT2D eigenvalue weighted by Gasteiger charge is 1.95. The molecule has 0 saturated carbocycles. The first-order valence-corrected chi connectivity index (χ1v) is 3.66. The summed E-state index contributed by atoms with van der Waals surface area (Å²) >= 11 is 0. The van der Waals surface area contributed by atoms with Gasteiger partial charge >= 0.3 is 0 Å². The number of amides is 1. The Morgan fingerprint density at radius 1 is 1.33 bits per heavy atom. The predicted molar refractivity (Wildman–Crippen MR) is 45.2 cm³/mol. The molecule has 0 aromatic heterocycles. The van der Waals surface area contributed by atoms with E-state index in [0.717, 1.165) is 0 Å². The number of carbonyl (C=O) groups excluding carboxylic acids is 1. The zero-order valence-electron chi connectivity index (χ0n) is 6.99. The summed E-state index contributed by atoms with van der Waals surface area (Å²) in [5.41, 5.74) is 5.17. The first-order valence-electron chi connectivity index (χ1n) is 3.66. The molecule has 2 N–H and O–H groups in total. The van der Waals surface area contributed by atoms with Crippen molar-refractivity contribution in [3.8, 4) is 0 Å². The Balaban J connectivity index is 3.00. The maximum Gasteiger partial charge on any atom is 0.271 e. The van der Waals surface area contributed by atoms with E-state index in [9.17, 15) is 4.79 Å². The van der Waals surface area contributed by atoms with Gasteiger partial charge in [0.15, 0.2) is 0 Å². The number of ether oxygens (including phenoxy) is 2. The van der Waals surface area contributed by atoms with Crippen molar-refractivity contribution in [1.82, 2.24) is 0 Å². The summed E-state index contributed by atoms with van der Waals surface area (Å²) < 4.78 is 9.87. The number of nitrogens with two attached hydrogens (primary N) is 1. The second-order valence-corrected chi connectivity index (χ2v) is 2.01. The van der Waals surface area contributed by atoms with E-state index in [2.05, 4.69) is 11.7 Å². The lowest BCUT2D eigenvalue weighted by molar-refractivity contribution is -0.122. The molecule has 0 aliphatic rings. The van der Waals surface area contributed by atoms with Gasteiger partial charge in [-0.15, -0.1) is 0 Å². The smallest absolute Gasteiger partial charge is 0.271 e. The number of rotatable bonds is 7. The van der Waals surface area contributed by atoms with Crippen molar-refractivity contribution < 1.29 is 14.3 Å². The number of hydrogen-bond acceptors (Lipinski definition) is 4. The van der Waals surface area contributed by atoms with Crippen LogP contribution in [0.25, 0.3) is 0 Å². The van der Waals surface area contributed by atoms with Crippen molar-refractivity contribution in [3.05, 3.63) is 0 Å². The second-order valence-electron chi connectivity index (χ2n) is 2.01. The molecular formula is C7H14N2O3. The SMILES string of the molecule is C=NC(=O)COCCOCCN. The lowest BCUT2D eigenvalue weighted by Crippen LogP contribution is -2.14. The topological polar surface area (TPSA) is 73.9 Å². The highest BCUT2D eigenvalue weighted by atomic mass is 16.5. The standard InChI is InChI=1S/C7H14N2O3/c1-9-7(10)6-12-5-4-11-3-2-8/h1-6,8H2. The molecule has 0 radical (unpaired) electrons. The minimum absolute atomic E-state index is 0.0323. The Kier molecular flexibility index (Phi) is 7.78. The molecular weight excluding hydrogens is 160 g/mol. The molecule has 1 amide bonds. The van der Waals surface area contributed by atoms with Gasteiger partial charge < -0.3 is 15.2 Å². The van der Waals surface area contributed by atoms with Gasteiger partial charge in [-0.05, 0) is 6.72 Å². The molecule has 0 heterocycles. The third-order valence-corrected chi connectivity index (χ3v) is 1.04. The molecule has 0 saturated heterocycles. The highest BCUT2D eigenvalue weighted by molar-refractivity contribution is 5.81. The Morgan fingerprint density at radius 3 is 2.58 bits per heavy atom. The summed E-state index contributed by atoms with van der Waals surface area (Å²) in [5, 5.41) is 0. The molecule has 0 aliphatic heterocycles. The maximum absolute atomic E-state index is 10.5. The predicted octanol–water partition coefficient (Wildman–Crippen LogP) is -0.794. The fraction of sp³-hybridized carbons (Fsp3) is 0.714. The summed E-state index contributed by atoms with van der Waals surface area (Å²) in [6, 6.07) is 0. The summed E-state index contributed by atoms with van der Waals surface area (Å²) in [7, 11) is 0. The van der Waals surface area contributed by atoms with Crippen LogP contribution in [0.4, 0.5) is 0 Å². The molecule has 0 aliphatic carbocycles. The molecule has 70 valence electrons. The van der Waals surface area contributed by atoms with Crippen LogP contribution in [0.5, 0.6) is 0 Å². The molecule has 0 spiro atoms. The molecule has 12 heavy (non-hydrogen) atoms. The third-order valence-electron chi connectivity index (χ3n) is 1.04. The summed E-state index contributed by atoms with van der Waals surface area (Å²) in [6.07, 6.45) is 0. The van der Waals surface area contributed by atoms with E-state index in [4.69, 9.17) is 15.2 Å². The molecule has 0 rings (SSSR count). The Bertz CT molecular complexity index is 139. The van der Waals surface area contributed by atoms with Crippen LogP contribution in [0.15, 0.2) is 4.99 Å². The summed E-state index contributed by atoms with van der Waals surface area (Å²) in [5.74, 6) is -0.367. The first kappa shape index (κ1) is 11.2. The Hall–Kier alpha value is -0.780. The van der Waals surface area contributed by atoms with Gasteiger partial charge in [0.25, 0.3) is 5.91 Å². The van der Waals surface area contributed by atoms with E-state index in [1.807, 2.05) is 0 Å². The van der Waals surface area contributed by atoms with Crippen LogP contribution in [-0.2, 0) is 14.3 Å². The molecule has 5 nitrogen and oxygen atoms in total. The van der Waals surface area contributed by atoms with Crippen molar-refractivity contribution in [2.75, 3.05) is 33.0 Å². The first-order chi connectivity index (χ1) is 5.81. The van der Waals surface area contributed by atoms with E-state index in [1.165, 1.54) is 0 Å². The van der Waals surface area contributed by atoms with Crippen LogP contribution in [0.3, 0.4) is 0 Å². The van der Waals surface area contributed by atoms with Gasteiger partial charge in [0, 0.05) is 6.54 Å². The average Bonchev–Trinajstić information content (AvgIpc) is 2.10. The monoisotopic (exact) mass is 174 g/mol. The van der Waals surface area contributed by atoms with Crippen LogP contribution in [0.1, 0.15) is 0 Å². The quantitative estimate of drug-likeness (QED) is 0.405. The molecule has 0 atom stereocenters.